The van der Waals surface area contributed by atoms with Gasteiger partial charge in [-0.2, -0.15) is 0 Å². The molecule has 3 atom stereocenters. The summed E-state index contributed by atoms with van der Waals surface area (Å²) in [6.45, 7) is 6.48. The fourth-order valence-electron chi connectivity index (χ4n) is 2.28. The standard InChI is InChI=1S/C15H22O3/c1-10-8-13(12(3)16)5-7-15(10)17-9-14-6-4-11(2)18-14/h5,7-8,11-12,14,16H,4,6,9H2,1-3H3/t11?,12-,14?/m0/s1. The minimum Gasteiger partial charge on any atom is -0.491 e. The highest BCUT2D eigenvalue weighted by Crippen LogP contribution is 2.25. The van der Waals surface area contributed by atoms with Crippen molar-refractivity contribution in [1.82, 2.24) is 0 Å². The molecule has 2 unspecified atom stereocenters. The van der Waals surface area contributed by atoms with E-state index >= 15 is 0 Å². The van der Waals surface area contributed by atoms with E-state index in [0.29, 0.717) is 12.7 Å². The van der Waals surface area contributed by atoms with Crippen molar-refractivity contribution in [1.29, 1.82) is 0 Å². The lowest BCUT2D eigenvalue weighted by atomic mass is 10.1. The number of rotatable bonds is 4. The molecule has 1 aromatic rings. The third kappa shape index (κ3) is 3.24. The Morgan fingerprint density at radius 1 is 1.44 bits per heavy atom. The number of aliphatic hydroxyl groups excluding tert-OH is 1. The molecule has 1 aliphatic rings. The van der Waals surface area contributed by atoms with Crippen LogP contribution in [0.5, 0.6) is 5.75 Å². The van der Waals surface area contributed by atoms with Crippen molar-refractivity contribution in [3.63, 3.8) is 0 Å². The summed E-state index contributed by atoms with van der Waals surface area (Å²) < 4.78 is 11.5. The SMILES string of the molecule is Cc1cc([C@H](C)O)ccc1OCC1CCC(C)O1. The molecule has 0 bridgehead atoms. The van der Waals surface area contributed by atoms with Crippen LogP contribution in [-0.2, 0) is 4.74 Å². The molecule has 2 rings (SSSR count). The Bertz CT molecular complexity index is 401. The lowest BCUT2D eigenvalue weighted by Gasteiger charge is -2.15. The smallest absolute Gasteiger partial charge is 0.122 e. The van der Waals surface area contributed by atoms with Crippen LogP contribution in [0.2, 0.25) is 0 Å². The second kappa shape index (κ2) is 5.72. The molecule has 1 heterocycles. The number of hydrogen-bond donors (Lipinski definition) is 1. The number of aliphatic hydroxyl groups is 1. The average Bonchev–Trinajstić information content (AvgIpc) is 2.73. The molecule has 1 fully saturated rings. The predicted molar refractivity (Wildman–Crippen MR) is 70.9 cm³/mol. The van der Waals surface area contributed by atoms with Crippen LogP contribution in [-0.4, -0.2) is 23.9 Å². The highest BCUT2D eigenvalue weighted by molar-refractivity contribution is 5.36. The second-order valence-corrected chi connectivity index (χ2v) is 5.16. The van der Waals surface area contributed by atoms with Gasteiger partial charge >= 0.3 is 0 Å². The maximum absolute atomic E-state index is 9.51. The molecular formula is C15H22O3. The quantitative estimate of drug-likeness (QED) is 0.892. The minimum absolute atomic E-state index is 0.218. The van der Waals surface area contributed by atoms with Gasteiger partial charge in [-0.1, -0.05) is 6.07 Å². The van der Waals surface area contributed by atoms with Gasteiger partial charge in [0.05, 0.1) is 18.3 Å². The molecule has 18 heavy (non-hydrogen) atoms. The highest BCUT2D eigenvalue weighted by Gasteiger charge is 2.22. The topological polar surface area (TPSA) is 38.7 Å². The summed E-state index contributed by atoms with van der Waals surface area (Å²) in [7, 11) is 0. The van der Waals surface area contributed by atoms with Crippen LogP contribution < -0.4 is 4.74 Å². The summed E-state index contributed by atoms with van der Waals surface area (Å²) in [5, 5.41) is 9.51. The van der Waals surface area contributed by atoms with Gasteiger partial charge < -0.3 is 14.6 Å². The van der Waals surface area contributed by atoms with Crippen molar-refractivity contribution >= 4 is 0 Å². The maximum Gasteiger partial charge on any atom is 0.122 e. The highest BCUT2D eigenvalue weighted by atomic mass is 16.5. The monoisotopic (exact) mass is 250 g/mol. The normalized spacial score (nSPS) is 25.1. The van der Waals surface area contributed by atoms with Crippen molar-refractivity contribution in [2.75, 3.05) is 6.61 Å². The molecule has 100 valence electrons. The second-order valence-electron chi connectivity index (χ2n) is 5.16. The number of benzene rings is 1. The van der Waals surface area contributed by atoms with Gasteiger partial charge in [0.25, 0.3) is 0 Å². The van der Waals surface area contributed by atoms with Crippen molar-refractivity contribution in [2.24, 2.45) is 0 Å². The number of hydrogen-bond acceptors (Lipinski definition) is 3. The third-order valence-corrected chi connectivity index (χ3v) is 3.43. The van der Waals surface area contributed by atoms with Crippen LogP contribution in [0.4, 0.5) is 0 Å². The van der Waals surface area contributed by atoms with Gasteiger partial charge in [0.1, 0.15) is 12.4 Å². The minimum atomic E-state index is -0.434. The van der Waals surface area contributed by atoms with Crippen LogP contribution >= 0.6 is 0 Å². The summed E-state index contributed by atoms with van der Waals surface area (Å²) >= 11 is 0. The molecule has 3 heteroatoms. The Balaban J connectivity index is 1.93. The first-order chi connectivity index (χ1) is 8.56. The van der Waals surface area contributed by atoms with E-state index in [1.54, 1.807) is 6.92 Å². The van der Waals surface area contributed by atoms with Crippen LogP contribution in [0, 0.1) is 6.92 Å². The van der Waals surface area contributed by atoms with Gasteiger partial charge in [-0.3, -0.25) is 0 Å². The zero-order valence-corrected chi connectivity index (χ0v) is 11.3. The van der Waals surface area contributed by atoms with E-state index in [4.69, 9.17) is 9.47 Å². The fraction of sp³-hybridized carbons (Fsp3) is 0.600. The van der Waals surface area contributed by atoms with Crippen LogP contribution in [0.25, 0.3) is 0 Å². The summed E-state index contributed by atoms with van der Waals surface area (Å²) in [5.74, 6) is 0.877. The number of aryl methyl sites for hydroxylation is 1. The van der Waals surface area contributed by atoms with Crippen LogP contribution in [0.3, 0.4) is 0 Å². The molecular weight excluding hydrogens is 228 g/mol. The van der Waals surface area contributed by atoms with Gasteiger partial charge in [0, 0.05) is 0 Å². The first kappa shape index (κ1) is 13.4. The lowest BCUT2D eigenvalue weighted by Crippen LogP contribution is -2.18. The molecule has 1 N–H and O–H groups in total. The Morgan fingerprint density at radius 2 is 2.22 bits per heavy atom. The molecule has 1 aromatic carbocycles. The lowest BCUT2D eigenvalue weighted by molar-refractivity contribution is 0.0263. The van der Waals surface area contributed by atoms with Crippen molar-refractivity contribution in [2.45, 2.75) is 51.9 Å². The fourth-order valence-corrected chi connectivity index (χ4v) is 2.28. The van der Waals surface area contributed by atoms with E-state index in [9.17, 15) is 5.11 Å². The van der Waals surface area contributed by atoms with E-state index in [2.05, 4.69) is 6.92 Å². The molecule has 0 amide bonds. The Hall–Kier alpha value is -1.06. The average molecular weight is 250 g/mol. The Kier molecular flexibility index (Phi) is 4.25. The Labute approximate surface area is 109 Å². The largest absolute Gasteiger partial charge is 0.491 e. The van der Waals surface area contributed by atoms with Crippen molar-refractivity contribution in [3.05, 3.63) is 29.3 Å². The summed E-state index contributed by atoms with van der Waals surface area (Å²) in [4.78, 5) is 0. The van der Waals surface area contributed by atoms with E-state index in [-0.39, 0.29) is 6.10 Å². The summed E-state index contributed by atoms with van der Waals surface area (Å²) in [6.07, 6.45) is 2.34. The van der Waals surface area contributed by atoms with Gasteiger partial charge in [0.15, 0.2) is 0 Å². The van der Waals surface area contributed by atoms with Crippen LogP contribution in [0.15, 0.2) is 18.2 Å². The van der Waals surface area contributed by atoms with Gasteiger partial charge in [-0.15, -0.1) is 0 Å². The van der Waals surface area contributed by atoms with Gasteiger partial charge in [-0.05, 0) is 56.9 Å². The predicted octanol–water partition coefficient (Wildman–Crippen LogP) is 2.99. The Morgan fingerprint density at radius 3 is 2.78 bits per heavy atom. The number of ether oxygens (including phenoxy) is 2. The zero-order valence-electron chi connectivity index (χ0n) is 11.3. The first-order valence-corrected chi connectivity index (χ1v) is 6.63. The molecule has 0 aromatic heterocycles. The molecule has 1 aliphatic heterocycles. The third-order valence-electron chi connectivity index (χ3n) is 3.43. The summed E-state index contributed by atoms with van der Waals surface area (Å²) in [6, 6.07) is 5.80. The molecule has 0 radical (unpaired) electrons. The maximum atomic E-state index is 9.51. The summed E-state index contributed by atoms with van der Waals surface area (Å²) in [5.41, 5.74) is 1.98. The van der Waals surface area contributed by atoms with Crippen LogP contribution in [0.1, 0.15) is 43.9 Å². The van der Waals surface area contributed by atoms with Crippen molar-refractivity contribution < 1.29 is 14.6 Å². The van der Waals surface area contributed by atoms with Crippen molar-refractivity contribution in [3.8, 4) is 5.75 Å². The molecule has 1 saturated heterocycles. The van der Waals surface area contributed by atoms with Gasteiger partial charge in [0.2, 0.25) is 0 Å². The molecule has 0 saturated carbocycles. The molecule has 0 spiro atoms. The van der Waals surface area contributed by atoms with E-state index in [1.807, 2.05) is 25.1 Å². The molecule has 3 nitrogen and oxygen atoms in total. The molecule has 0 aliphatic carbocycles. The van der Waals surface area contributed by atoms with Gasteiger partial charge in [-0.25, -0.2) is 0 Å². The first-order valence-electron chi connectivity index (χ1n) is 6.63. The zero-order chi connectivity index (χ0) is 13.1. The van der Waals surface area contributed by atoms with E-state index in [0.717, 1.165) is 29.7 Å². The van der Waals surface area contributed by atoms with E-state index in [1.165, 1.54) is 0 Å². The van der Waals surface area contributed by atoms with E-state index < -0.39 is 6.10 Å².